The van der Waals surface area contributed by atoms with Gasteiger partial charge >= 0.3 is 0 Å². The fraction of sp³-hybridized carbons (Fsp3) is 0.296. The van der Waals surface area contributed by atoms with Crippen molar-refractivity contribution in [3.8, 4) is 0 Å². The second kappa shape index (κ2) is 11.0. The molecule has 1 amide bonds. The van der Waals surface area contributed by atoms with Crippen LogP contribution in [0.5, 0.6) is 0 Å². The molecule has 4 nitrogen and oxygen atoms in total. The van der Waals surface area contributed by atoms with Crippen LogP contribution in [0.4, 0.5) is 5.69 Å². The number of amides is 1. The van der Waals surface area contributed by atoms with Crippen molar-refractivity contribution >= 4 is 46.4 Å². The molecule has 2 atom stereocenters. The highest BCUT2D eigenvalue weighted by molar-refractivity contribution is 6.33. The van der Waals surface area contributed by atoms with Gasteiger partial charge in [-0.05, 0) is 60.0 Å². The lowest BCUT2D eigenvalue weighted by atomic mass is 9.92. The van der Waals surface area contributed by atoms with Crippen molar-refractivity contribution < 1.29 is 9.53 Å². The van der Waals surface area contributed by atoms with Crippen LogP contribution in [0.2, 0.25) is 15.1 Å². The summed E-state index contributed by atoms with van der Waals surface area (Å²) in [6.45, 7) is 3.60. The summed E-state index contributed by atoms with van der Waals surface area (Å²) in [5, 5.41) is 1.97. The molecule has 0 aliphatic carbocycles. The number of aryl methyl sites for hydroxylation is 1. The number of ether oxygens (including phenoxy) is 1. The third-order valence-corrected chi connectivity index (χ3v) is 7.00. The molecule has 178 valence electrons. The van der Waals surface area contributed by atoms with Crippen LogP contribution in [0.3, 0.4) is 0 Å². The number of hydrogen-bond donors (Lipinski definition) is 0. The van der Waals surface area contributed by atoms with Crippen LogP contribution in [0, 0.1) is 6.92 Å². The molecule has 0 N–H and O–H groups in total. The van der Waals surface area contributed by atoms with Crippen molar-refractivity contribution in [3.63, 3.8) is 0 Å². The first-order valence-electron chi connectivity index (χ1n) is 11.2. The fourth-order valence-electron chi connectivity index (χ4n) is 4.66. The SMILES string of the molecule is COC[C@@H]1[C@H](c2ccc(Cl)cc2)N(c2ccc(C)cc2Cl)CCN1C(=O)Cc1cccc(Cl)c1. The Bertz CT molecular complexity index is 1150. The third kappa shape index (κ3) is 5.52. The van der Waals surface area contributed by atoms with Gasteiger partial charge in [-0.1, -0.05) is 65.1 Å². The Labute approximate surface area is 216 Å². The zero-order valence-corrected chi connectivity index (χ0v) is 21.4. The molecule has 1 aliphatic heterocycles. The van der Waals surface area contributed by atoms with Gasteiger partial charge in [-0.15, -0.1) is 0 Å². The zero-order chi connectivity index (χ0) is 24.2. The van der Waals surface area contributed by atoms with E-state index in [0.29, 0.717) is 34.8 Å². The second-order valence-electron chi connectivity index (χ2n) is 8.56. The van der Waals surface area contributed by atoms with Gasteiger partial charge in [-0.3, -0.25) is 4.79 Å². The molecule has 4 rings (SSSR count). The highest BCUT2D eigenvalue weighted by Gasteiger charge is 2.40. The molecular formula is C27H27Cl3N2O2. The van der Waals surface area contributed by atoms with Gasteiger partial charge in [-0.25, -0.2) is 0 Å². The normalized spacial score (nSPS) is 18.3. The van der Waals surface area contributed by atoms with Gasteiger partial charge in [0, 0.05) is 30.2 Å². The van der Waals surface area contributed by atoms with E-state index in [1.807, 2.05) is 72.5 Å². The Kier molecular flexibility index (Phi) is 8.05. The average molecular weight is 518 g/mol. The Morgan fingerprint density at radius 2 is 1.74 bits per heavy atom. The maximum atomic E-state index is 13.5. The number of carbonyl (C=O) groups excluding carboxylic acids is 1. The number of anilines is 1. The maximum absolute atomic E-state index is 13.5. The van der Waals surface area contributed by atoms with Crippen molar-refractivity contribution in [1.82, 2.24) is 4.90 Å². The smallest absolute Gasteiger partial charge is 0.227 e. The predicted molar refractivity (Wildman–Crippen MR) is 140 cm³/mol. The Hall–Kier alpha value is -2.24. The third-order valence-electron chi connectivity index (χ3n) is 6.21. The molecule has 1 saturated heterocycles. The first-order valence-corrected chi connectivity index (χ1v) is 12.3. The van der Waals surface area contributed by atoms with Crippen LogP contribution < -0.4 is 4.90 Å². The molecule has 7 heteroatoms. The summed E-state index contributed by atoms with van der Waals surface area (Å²) >= 11 is 19.0. The minimum absolute atomic E-state index is 0.0398. The molecule has 0 radical (unpaired) electrons. The number of carbonyl (C=O) groups is 1. The van der Waals surface area contributed by atoms with Gasteiger partial charge in [0.1, 0.15) is 0 Å². The number of benzene rings is 3. The summed E-state index contributed by atoms with van der Waals surface area (Å²) < 4.78 is 5.64. The lowest BCUT2D eigenvalue weighted by Gasteiger charge is -2.49. The van der Waals surface area contributed by atoms with Gasteiger partial charge in [0.15, 0.2) is 0 Å². The van der Waals surface area contributed by atoms with Crippen molar-refractivity contribution in [2.75, 3.05) is 31.7 Å². The summed E-state index contributed by atoms with van der Waals surface area (Å²) in [4.78, 5) is 17.7. The molecule has 0 spiro atoms. The van der Waals surface area contributed by atoms with E-state index in [9.17, 15) is 4.79 Å². The van der Waals surface area contributed by atoms with Crippen molar-refractivity contribution in [2.45, 2.75) is 25.4 Å². The van der Waals surface area contributed by atoms with E-state index in [0.717, 1.165) is 22.4 Å². The minimum Gasteiger partial charge on any atom is -0.382 e. The second-order valence-corrected chi connectivity index (χ2v) is 9.84. The van der Waals surface area contributed by atoms with Gasteiger partial charge in [0.05, 0.1) is 35.8 Å². The molecule has 3 aromatic rings. The largest absolute Gasteiger partial charge is 0.382 e. The van der Waals surface area contributed by atoms with Crippen LogP contribution in [0.25, 0.3) is 0 Å². The topological polar surface area (TPSA) is 32.8 Å². The van der Waals surface area contributed by atoms with E-state index in [1.165, 1.54) is 0 Å². The average Bonchev–Trinajstić information content (AvgIpc) is 2.80. The molecular weight excluding hydrogens is 491 g/mol. The lowest BCUT2D eigenvalue weighted by Crippen LogP contribution is -2.59. The maximum Gasteiger partial charge on any atom is 0.227 e. The Morgan fingerprint density at radius 1 is 0.971 bits per heavy atom. The molecule has 1 aliphatic rings. The lowest BCUT2D eigenvalue weighted by molar-refractivity contribution is -0.135. The van der Waals surface area contributed by atoms with E-state index >= 15 is 0 Å². The first kappa shape index (κ1) is 24.9. The summed E-state index contributed by atoms with van der Waals surface area (Å²) in [7, 11) is 1.66. The molecule has 1 heterocycles. The highest BCUT2D eigenvalue weighted by Crippen LogP contribution is 2.39. The van der Waals surface area contributed by atoms with E-state index in [4.69, 9.17) is 39.5 Å². The van der Waals surface area contributed by atoms with Gasteiger partial charge in [0.2, 0.25) is 5.91 Å². The Balaban J connectivity index is 1.72. The summed E-state index contributed by atoms with van der Waals surface area (Å²) in [6, 6.07) is 20.9. The molecule has 1 fully saturated rings. The van der Waals surface area contributed by atoms with Crippen molar-refractivity contribution in [2.24, 2.45) is 0 Å². The standard InChI is InChI=1S/C27H27Cl3N2O2/c1-18-6-11-24(23(30)14-18)32-13-12-31(26(33)16-19-4-3-5-22(29)15-19)25(17-34-2)27(32)20-7-9-21(28)10-8-20/h3-11,14-15,25,27H,12-13,16-17H2,1-2H3/t25-,27+/m1/s1. The van der Waals surface area contributed by atoms with Gasteiger partial charge in [-0.2, -0.15) is 0 Å². The quantitative estimate of drug-likeness (QED) is 0.369. The summed E-state index contributed by atoms with van der Waals surface area (Å²) in [5.74, 6) is 0.0398. The van der Waals surface area contributed by atoms with Crippen LogP contribution in [-0.4, -0.2) is 43.7 Å². The van der Waals surface area contributed by atoms with E-state index in [2.05, 4.69) is 11.0 Å². The number of rotatable bonds is 6. The number of nitrogens with zero attached hydrogens (tertiary/aromatic N) is 2. The number of hydrogen-bond acceptors (Lipinski definition) is 3. The zero-order valence-electron chi connectivity index (χ0n) is 19.2. The van der Waals surface area contributed by atoms with Crippen LogP contribution in [0.1, 0.15) is 22.7 Å². The molecule has 0 aromatic heterocycles. The van der Waals surface area contributed by atoms with E-state index in [1.54, 1.807) is 7.11 Å². The van der Waals surface area contributed by atoms with Crippen molar-refractivity contribution in [1.29, 1.82) is 0 Å². The van der Waals surface area contributed by atoms with Gasteiger partial charge in [0.25, 0.3) is 0 Å². The minimum atomic E-state index is -0.219. The monoisotopic (exact) mass is 516 g/mol. The van der Waals surface area contributed by atoms with Crippen LogP contribution in [0.15, 0.2) is 66.7 Å². The van der Waals surface area contributed by atoms with Gasteiger partial charge < -0.3 is 14.5 Å². The van der Waals surface area contributed by atoms with E-state index < -0.39 is 0 Å². The van der Waals surface area contributed by atoms with Crippen LogP contribution in [-0.2, 0) is 16.0 Å². The molecule has 0 saturated carbocycles. The first-order chi connectivity index (χ1) is 16.4. The molecule has 0 unspecified atom stereocenters. The Morgan fingerprint density at radius 3 is 2.41 bits per heavy atom. The highest BCUT2D eigenvalue weighted by atomic mass is 35.5. The summed E-state index contributed by atoms with van der Waals surface area (Å²) in [6.07, 6.45) is 0.277. The summed E-state index contributed by atoms with van der Waals surface area (Å²) in [5.41, 5.74) is 3.97. The predicted octanol–water partition coefficient (Wildman–Crippen LogP) is 6.60. The fourth-order valence-corrected chi connectivity index (χ4v) is 5.34. The number of piperazine rings is 1. The van der Waals surface area contributed by atoms with Crippen molar-refractivity contribution in [3.05, 3.63) is 98.5 Å². The molecule has 0 bridgehead atoms. The molecule has 34 heavy (non-hydrogen) atoms. The van der Waals surface area contributed by atoms with Crippen LogP contribution >= 0.6 is 34.8 Å². The van der Waals surface area contributed by atoms with E-state index in [-0.39, 0.29) is 24.4 Å². The number of halogens is 3. The number of methoxy groups -OCH3 is 1. The molecule has 3 aromatic carbocycles.